The Labute approximate surface area is 149 Å². The van der Waals surface area contributed by atoms with Gasteiger partial charge < -0.3 is 10.6 Å². The van der Waals surface area contributed by atoms with Gasteiger partial charge in [-0.15, -0.1) is 11.3 Å². The van der Waals surface area contributed by atoms with Crippen molar-refractivity contribution in [1.82, 2.24) is 14.6 Å². The molecule has 2 N–H and O–H groups in total. The highest BCUT2D eigenvalue weighted by Gasteiger charge is 2.31. The molecule has 0 radical (unpaired) electrons. The second kappa shape index (κ2) is 5.51. The Hall–Kier alpha value is -1.99. The molecule has 0 unspecified atom stereocenters. The van der Waals surface area contributed by atoms with Crippen molar-refractivity contribution in [2.24, 2.45) is 5.92 Å². The average Bonchev–Trinajstić information content (AvgIpc) is 2.89. The van der Waals surface area contributed by atoms with E-state index in [0.717, 1.165) is 38.9 Å². The molecule has 4 rings (SSSR count). The Morgan fingerprint density at radius 3 is 2.92 bits per heavy atom. The van der Waals surface area contributed by atoms with Gasteiger partial charge in [0.15, 0.2) is 0 Å². The molecular weight excluding hydrogens is 336 g/mol. The number of thiophene rings is 1. The molecule has 0 saturated carbocycles. The lowest BCUT2D eigenvalue weighted by molar-refractivity contribution is -0.0420. The van der Waals surface area contributed by atoms with Crippen LogP contribution in [0, 0.1) is 5.92 Å². The van der Waals surface area contributed by atoms with Crippen molar-refractivity contribution in [2.75, 3.05) is 5.84 Å². The number of nitrogens with zero attached hydrogens (tertiary/aromatic N) is 3. The number of aromatic nitrogens is 3. The van der Waals surface area contributed by atoms with Gasteiger partial charge in [-0.2, -0.15) is 0 Å². The van der Waals surface area contributed by atoms with Crippen LogP contribution in [0.15, 0.2) is 11.1 Å². The third-order valence-electron chi connectivity index (χ3n) is 4.67. The number of hydrogen-bond donors (Lipinski definition) is 1. The van der Waals surface area contributed by atoms with Crippen molar-refractivity contribution in [1.29, 1.82) is 0 Å². The van der Waals surface area contributed by atoms with Gasteiger partial charge >= 0.3 is 0 Å². The van der Waals surface area contributed by atoms with Crippen LogP contribution in [0.25, 0.3) is 20.4 Å². The molecule has 3 aromatic rings. The molecule has 0 amide bonds. The zero-order valence-corrected chi connectivity index (χ0v) is 15.7. The molecule has 132 valence electrons. The number of nitrogen functional groups attached to an aromatic ring is 1. The minimum Gasteiger partial charge on any atom is -0.369 e. The summed E-state index contributed by atoms with van der Waals surface area (Å²) in [5.74, 6) is 6.18. The highest BCUT2D eigenvalue weighted by atomic mass is 32.1. The van der Waals surface area contributed by atoms with Gasteiger partial charge in [-0.1, -0.05) is 13.8 Å². The molecule has 0 saturated heterocycles. The lowest BCUT2D eigenvalue weighted by Crippen LogP contribution is -2.33. The summed E-state index contributed by atoms with van der Waals surface area (Å²) in [5, 5.41) is 1.02. The number of fused-ring (bicyclic) bond motifs is 4. The molecule has 1 aliphatic rings. The second-order valence-corrected chi connectivity index (χ2v) is 8.75. The van der Waals surface area contributed by atoms with Crippen LogP contribution in [0.4, 0.5) is 0 Å². The molecule has 0 spiro atoms. The molecule has 0 atom stereocenters. The summed E-state index contributed by atoms with van der Waals surface area (Å²) in [6.07, 6.45) is 3.14. The summed E-state index contributed by atoms with van der Waals surface area (Å²) in [6, 6.07) is 0. The molecule has 4 heterocycles. The third kappa shape index (κ3) is 2.62. The van der Waals surface area contributed by atoms with Gasteiger partial charge in [0, 0.05) is 11.8 Å². The van der Waals surface area contributed by atoms with Gasteiger partial charge in [-0.3, -0.25) is 4.79 Å². The first-order valence-electron chi connectivity index (χ1n) is 8.50. The van der Waals surface area contributed by atoms with E-state index in [1.165, 1.54) is 28.8 Å². The topological polar surface area (TPSA) is 83.0 Å². The maximum atomic E-state index is 12.4. The minimum atomic E-state index is -0.224. The Bertz CT molecular complexity index is 1050. The van der Waals surface area contributed by atoms with E-state index in [9.17, 15) is 4.79 Å². The van der Waals surface area contributed by atoms with Gasteiger partial charge in [0.1, 0.15) is 15.9 Å². The summed E-state index contributed by atoms with van der Waals surface area (Å²) in [5.41, 5.74) is 3.80. The molecule has 25 heavy (non-hydrogen) atoms. The Morgan fingerprint density at radius 2 is 2.20 bits per heavy atom. The van der Waals surface area contributed by atoms with Gasteiger partial charge in [0.05, 0.1) is 23.4 Å². The fourth-order valence-corrected chi connectivity index (χ4v) is 4.65. The first-order valence-corrected chi connectivity index (χ1v) is 9.32. The molecule has 6 nitrogen and oxygen atoms in total. The summed E-state index contributed by atoms with van der Waals surface area (Å²) in [7, 11) is 0. The molecule has 1 aliphatic heterocycles. The maximum Gasteiger partial charge on any atom is 0.289 e. The summed E-state index contributed by atoms with van der Waals surface area (Å²) in [6.45, 7) is 9.13. The van der Waals surface area contributed by atoms with Crippen molar-refractivity contribution in [2.45, 2.75) is 52.7 Å². The van der Waals surface area contributed by atoms with Crippen molar-refractivity contribution in [3.05, 3.63) is 33.5 Å². The normalized spacial score (nSPS) is 16.7. The molecule has 0 fully saturated rings. The van der Waals surface area contributed by atoms with Gasteiger partial charge in [0.2, 0.25) is 0 Å². The highest BCUT2D eigenvalue weighted by molar-refractivity contribution is 7.25. The predicted molar refractivity (Wildman–Crippen MR) is 100 cm³/mol. The van der Waals surface area contributed by atoms with E-state index >= 15 is 0 Å². The van der Waals surface area contributed by atoms with Crippen molar-refractivity contribution >= 4 is 31.8 Å². The van der Waals surface area contributed by atoms with Crippen LogP contribution in [0.3, 0.4) is 0 Å². The van der Waals surface area contributed by atoms with E-state index in [2.05, 4.69) is 32.7 Å². The smallest absolute Gasteiger partial charge is 0.289 e. The minimum absolute atomic E-state index is 0.211. The Kier molecular flexibility index (Phi) is 3.63. The van der Waals surface area contributed by atoms with Crippen molar-refractivity contribution < 1.29 is 4.74 Å². The SMILES string of the molecule is CC(C)Cc1c2c(nc3sc4c(=O)n(N)cnc4c13)COC(C)(C)C2. The summed E-state index contributed by atoms with van der Waals surface area (Å²) in [4.78, 5) is 22.5. The van der Waals surface area contributed by atoms with Gasteiger partial charge in [-0.05, 0) is 37.3 Å². The van der Waals surface area contributed by atoms with E-state index in [1.807, 2.05) is 0 Å². The Morgan fingerprint density at radius 1 is 1.44 bits per heavy atom. The van der Waals surface area contributed by atoms with Crippen LogP contribution in [0.5, 0.6) is 0 Å². The molecule has 7 heteroatoms. The number of ether oxygens (including phenoxy) is 1. The first-order chi connectivity index (χ1) is 11.8. The van der Waals surface area contributed by atoms with Gasteiger partial charge in [-0.25, -0.2) is 14.6 Å². The standard InChI is InChI=1S/C18H22N4O2S/c1-9(2)5-10-11-6-18(3,4)24-7-12(11)21-16-13(10)14-15(25-16)17(23)22(19)8-20-14/h8-9H,5-7,19H2,1-4H3. The van der Waals surface area contributed by atoms with Crippen LogP contribution in [-0.4, -0.2) is 20.2 Å². The van der Waals surface area contributed by atoms with E-state index in [-0.39, 0.29) is 11.2 Å². The van der Waals surface area contributed by atoms with Crippen molar-refractivity contribution in [3.8, 4) is 0 Å². The lowest BCUT2D eigenvalue weighted by atomic mass is 9.86. The van der Waals surface area contributed by atoms with Crippen molar-refractivity contribution in [3.63, 3.8) is 0 Å². The van der Waals surface area contributed by atoms with Crippen LogP contribution < -0.4 is 11.4 Å². The van der Waals surface area contributed by atoms with Crippen LogP contribution in [0.2, 0.25) is 0 Å². The number of nitrogens with two attached hydrogens (primary N) is 1. The number of rotatable bonds is 2. The van der Waals surface area contributed by atoms with Gasteiger partial charge in [0.25, 0.3) is 5.56 Å². The van der Waals surface area contributed by atoms with E-state index in [4.69, 9.17) is 15.6 Å². The fourth-order valence-electron chi connectivity index (χ4n) is 3.54. The quantitative estimate of drug-likeness (QED) is 0.712. The predicted octanol–water partition coefficient (Wildman–Crippen LogP) is 2.77. The van der Waals surface area contributed by atoms with Crippen LogP contribution in [0.1, 0.15) is 44.5 Å². The largest absolute Gasteiger partial charge is 0.369 e. The van der Waals surface area contributed by atoms with E-state index in [1.54, 1.807) is 0 Å². The van der Waals surface area contributed by atoms with E-state index in [0.29, 0.717) is 17.2 Å². The first kappa shape index (κ1) is 16.5. The molecule has 3 aromatic heterocycles. The lowest BCUT2D eigenvalue weighted by Gasteiger charge is -2.33. The molecule has 0 bridgehead atoms. The van der Waals surface area contributed by atoms with E-state index < -0.39 is 0 Å². The third-order valence-corrected chi connectivity index (χ3v) is 5.73. The fraction of sp³-hybridized carbons (Fsp3) is 0.500. The molecule has 0 aliphatic carbocycles. The summed E-state index contributed by atoms with van der Waals surface area (Å²) >= 11 is 1.37. The molecule has 0 aromatic carbocycles. The maximum absolute atomic E-state index is 12.4. The number of hydrogen-bond acceptors (Lipinski definition) is 6. The average molecular weight is 358 g/mol. The van der Waals surface area contributed by atoms with Crippen LogP contribution >= 0.6 is 11.3 Å². The zero-order chi connectivity index (χ0) is 17.9. The zero-order valence-electron chi connectivity index (χ0n) is 14.9. The second-order valence-electron chi connectivity index (χ2n) is 7.76. The van der Waals surface area contributed by atoms with Crippen LogP contribution in [-0.2, 0) is 24.2 Å². The Balaban J connectivity index is 2.12. The monoisotopic (exact) mass is 358 g/mol. The highest BCUT2D eigenvalue weighted by Crippen LogP contribution is 2.39. The number of pyridine rings is 1. The summed E-state index contributed by atoms with van der Waals surface area (Å²) < 4.78 is 7.56. The molecular formula is C18H22N4O2S.